The fourth-order valence-electron chi connectivity index (χ4n) is 1.57. The molecule has 1 aromatic rings. The van der Waals surface area contributed by atoms with Gasteiger partial charge in [0.15, 0.2) is 5.96 Å². The number of aryl methyl sites for hydroxylation is 1. The van der Waals surface area contributed by atoms with Crippen molar-refractivity contribution in [3.05, 3.63) is 16.1 Å². The van der Waals surface area contributed by atoms with E-state index in [0.29, 0.717) is 12.5 Å². The van der Waals surface area contributed by atoms with E-state index in [0.717, 1.165) is 30.1 Å². The summed E-state index contributed by atoms with van der Waals surface area (Å²) in [6.07, 6.45) is 5.94. The van der Waals surface area contributed by atoms with Crippen molar-refractivity contribution in [1.29, 1.82) is 0 Å². The van der Waals surface area contributed by atoms with E-state index in [9.17, 15) is 0 Å². The number of thiazole rings is 1. The molecule has 0 aliphatic carbocycles. The van der Waals surface area contributed by atoms with E-state index >= 15 is 0 Å². The van der Waals surface area contributed by atoms with Crippen LogP contribution in [0.15, 0.2) is 10.4 Å². The molecule has 0 aliphatic rings. The summed E-state index contributed by atoms with van der Waals surface area (Å²) < 4.78 is 0. The van der Waals surface area contributed by atoms with Gasteiger partial charge in [-0.3, -0.25) is 0 Å². The van der Waals surface area contributed by atoms with Gasteiger partial charge in [-0.2, -0.15) is 0 Å². The first kappa shape index (κ1) is 18.6. The quantitative estimate of drug-likeness (QED) is 0.307. The second-order valence-electron chi connectivity index (χ2n) is 4.28. The number of halogens is 1. The predicted molar refractivity (Wildman–Crippen MR) is 94.4 cm³/mol. The molecule has 0 aliphatic heterocycles. The van der Waals surface area contributed by atoms with Crippen LogP contribution in [0, 0.1) is 0 Å². The zero-order valence-electron chi connectivity index (χ0n) is 11.8. The van der Waals surface area contributed by atoms with Gasteiger partial charge in [-0.15, -0.1) is 35.3 Å². The van der Waals surface area contributed by atoms with E-state index in [1.54, 1.807) is 11.3 Å². The maximum Gasteiger partial charge on any atom is 0.188 e. The van der Waals surface area contributed by atoms with Crippen LogP contribution in [0.5, 0.6) is 0 Å². The standard InChI is InChI=1S/C13H24N4S.HI/c1-3-5-6-7-8-15-13(14)16-9-11-10-18-12(4-2)17-11;/h10H,3-9H2,1-2H3,(H3,14,15,16);1H. The molecule has 0 spiro atoms. The summed E-state index contributed by atoms with van der Waals surface area (Å²) in [7, 11) is 0. The largest absolute Gasteiger partial charge is 0.370 e. The predicted octanol–water partition coefficient (Wildman–Crippen LogP) is 3.31. The van der Waals surface area contributed by atoms with Gasteiger partial charge in [0.05, 0.1) is 17.2 Å². The van der Waals surface area contributed by atoms with Crippen molar-refractivity contribution in [2.75, 3.05) is 6.54 Å². The molecular weight excluding hydrogens is 371 g/mol. The fraction of sp³-hybridized carbons (Fsp3) is 0.692. The normalized spacial score (nSPS) is 11.2. The molecule has 0 aromatic carbocycles. The average molecular weight is 396 g/mol. The van der Waals surface area contributed by atoms with Crippen LogP contribution in [0.2, 0.25) is 0 Å². The van der Waals surface area contributed by atoms with Gasteiger partial charge in [-0.25, -0.2) is 9.98 Å². The first-order valence-corrected chi connectivity index (χ1v) is 7.61. The fourth-order valence-corrected chi connectivity index (χ4v) is 2.31. The van der Waals surface area contributed by atoms with Crippen LogP contribution in [0.1, 0.15) is 50.2 Å². The SMILES string of the molecule is CCCCCCNC(N)=NCc1csc(CC)n1.I. The third kappa shape index (κ3) is 8.41. The Hall–Kier alpha value is -0.370. The van der Waals surface area contributed by atoms with Crippen LogP contribution in [0.25, 0.3) is 0 Å². The highest BCUT2D eigenvalue weighted by Crippen LogP contribution is 2.10. The van der Waals surface area contributed by atoms with Gasteiger partial charge in [-0.05, 0) is 12.8 Å². The second kappa shape index (κ2) is 11.5. The minimum Gasteiger partial charge on any atom is -0.370 e. The Balaban J connectivity index is 0.00000324. The molecule has 1 heterocycles. The molecule has 1 aromatic heterocycles. The number of rotatable bonds is 8. The highest BCUT2D eigenvalue weighted by atomic mass is 127. The Kier molecular flexibility index (Phi) is 11.2. The van der Waals surface area contributed by atoms with Crippen molar-refractivity contribution in [3.8, 4) is 0 Å². The lowest BCUT2D eigenvalue weighted by Crippen LogP contribution is -2.32. The Bertz CT molecular complexity index is 365. The summed E-state index contributed by atoms with van der Waals surface area (Å²) in [6, 6.07) is 0. The Morgan fingerprint density at radius 1 is 1.37 bits per heavy atom. The van der Waals surface area contributed by atoms with Gasteiger partial charge >= 0.3 is 0 Å². The maximum absolute atomic E-state index is 5.79. The molecule has 0 saturated carbocycles. The monoisotopic (exact) mass is 396 g/mol. The number of unbranched alkanes of at least 4 members (excludes halogenated alkanes) is 3. The van der Waals surface area contributed by atoms with Crippen molar-refractivity contribution in [3.63, 3.8) is 0 Å². The molecule has 0 radical (unpaired) electrons. The third-order valence-electron chi connectivity index (χ3n) is 2.65. The lowest BCUT2D eigenvalue weighted by molar-refractivity contribution is 0.652. The van der Waals surface area contributed by atoms with Crippen molar-refractivity contribution >= 4 is 41.3 Å². The average Bonchev–Trinajstić information content (AvgIpc) is 2.84. The van der Waals surface area contributed by atoms with Gasteiger partial charge in [0, 0.05) is 11.9 Å². The topological polar surface area (TPSA) is 63.3 Å². The maximum atomic E-state index is 5.79. The van der Waals surface area contributed by atoms with Crippen LogP contribution in [0.3, 0.4) is 0 Å². The van der Waals surface area contributed by atoms with E-state index < -0.39 is 0 Å². The number of nitrogens with zero attached hydrogens (tertiary/aromatic N) is 2. The number of nitrogens with two attached hydrogens (primary N) is 1. The summed E-state index contributed by atoms with van der Waals surface area (Å²) in [5.41, 5.74) is 6.80. The van der Waals surface area contributed by atoms with E-state index in [4.69, 9.17) is 5.73 Å². The molecular formula is C13H25IN4S. The van der Waals surface area contributed by atoms with Crippen LogP contribution in [0.4, 0.5) is 0 Å². The summed E-state index contributed by atoms with van der Waals surface area (Å²) in [4.78, 5) is 8.74. The van der Waals surface area contributed by atoms with Gasteiger partial charge in [0.1, 0.15) is 0 Å². The zero-order valence-corrected chi connectivity index (χ0v) is 15.0. The summed E-state index contributed by atoms with van der Waals surface area (Å²) >= 11 is 1.69. The number of hydrogen-bond acceptors (Lipinski definition) is 3. The second-order valence-corrected chi connectivity index (χ2v) is 5.22. The van der Waals surface area contributed by atoms with Gasteiger partial charge < -0.3 is 11.1 Å². The van der Waals surface area contributed by atoms with Gasteiger partial charge in [0.25, 0.3) is 0 Å². The van der Waals surface area contributed by atoms with Crippen LogP contribution < -0.4 is 11.1 Å². The van der Waals surface area contributed by atoms with Crippen LogP contribution in [-0.2, 0) is 13.0 Å². The number of aliphatic imine (C=N–C) groups is 1. The summed E-state index contributed by atoms with van der Waals surface area (Å²) in [5.74, 6) is 0.526. The number of hydrogen-bond donors (Lipinski definition) is 2. The van der Waals surface area contributed by atoms with Crippen molar-refractivity contribution in [1.82, 2.24) is 10.3 Å². The highest BCUT2D eigenvalue weighted by molar-refractivity contribution is 14.0. The molecule has 19 heavy (non-hydrogen) atoms. The molecule has 3 N–H and O–H groups in total. The smallest absolute Gasteiger partial charge is 0.188 e. The van der Waals surface area contributed by atoms with E-state index in [2.05, 4.69) is 34.5 Å². The zero-order chi connectivity index (χ0) is 13.2. The third-order valence-corrected chi connectivity index (χ3v) is 3.69. The highest BCUT2D eigenvalue weighted by Gasteiger charge is 1.99. The molecule has 0 fully saturated rings. The molecule has 110 valence electrons. The number of aromatic nitrogens is 1. The molecule has 4 nitrogen and oxygen atoms in total. The molecule has 6 heteroatoms. The van der Waals surface area contributed by atoms with E-state index in [-0.39, 0.29) is 24.0 Å². The molecule has 0 amide bonds. The van der Waals surface area contributed by atoms with Crippen LogP contribution in [-0.4, -0.2) is 17.5 Å². The first-order chi connectivity index (χ1) is 8.76. The first-order valence-electron chi connectivity index (χ1n) is 6.73. The molecule has 0 saturated heterocycles. The lowest BCUT2D eigenvalue weighted by atomic mass is 10.2. The molecule has 0 unspecified atom stereocenters. The van der Waals surface area contributed by atoms with Crippen LogP contribution >= 0.6 is 35.3 Å². The lowest BCUT2D eigenvalue weighted by Gasteiger charge is -2.04. The van der Waals surface area contributed by atoms with Crippen molar-refractivity contribution in [2.45, 2.75) is 52.5 Å². The molecule has 1 rings (SSSR count). The minimum absolute atomic E-state index is 0. The van der Waals surface area contributed by atoms with Crippen molar-refractivity contribution in [2.24, 2.45) is 10.7 Å². The van der Waals surface area contributed by atoms with E-state index in [1.807, 2.05) is 0 Å². The van der Waals surface area contributed by atoms with Gasteiger partial charge in [-0.1, -0.05) is 33.1 Å². The summed E-state index contributed by atoms with van der Waals surface area (Å²) in [5, 5.41) is 6.35. The Labute approximate surface area is 137 Å². The molecule has 0 bridgehead atoms. The number of nitrogens with one attached hydrogen (secondary N) is 1. The summed E-state index contributed by atoms with van der Waals surface area (Å²) in [6.45, 7) is 5.80. The molecule has 0 atom stereocenters. The minimum atomic E-state index is 0. The Morgan fingerprint density at radius 2 is 2.16 bits per heavy atom. The van der Waals surface area contributed by atoms with Crippen molar-refractivity contribution < 1.29 is 0 Å². The number of guanidine groups is 1. The van der Waals surface area contributed by atoms with E-state index in [1.165, 1.54) is 19.3 Å². The Morgan fingerprint density at radius 3 is 2.79 bits per heavy atom. The van der Waals surface area contributed by atoms with Gasteiger partial charge in [0.2, 0.25) is 0 Å².